The fourth-order valence-corrected chi connectivity index (χ4v) is 7.14. The zero-order chi connectivity index (χ0) is 19.7. The number of fused-ring (bicyclic) bond motifs is 5. The number of carboxylic acid groups (broad SMARTS) is 1. The molecule has 4 N–H and O–H groups in total. The predicted molar refractivity (Wildman–Crippen MR) is 97.1 cm³/mol. The smallest absolute Gasteiger partial charge is 0.303 e. The van der Waals surface area contributed by atoms with E-state index in [0.29, 0.717) is 17.9 Å². The summed E-state index contributed by atoms with van der Waals surface area (Å²) in [6, 6.07) is 0. The largest absolute Gasteiger partial charge is 0.507 e. The number of hydrogen-bond donors (Lipinski definition) is 4. The standard InChI is InChI=1S/C21H28O6/c1-20-8-7-13-11(12(20)5-3-10(20)9-15(22)23)4-6-14-16(24)17(25)18(26)19(27)21(13,14)2/h10-13,24,26-27H,3-9H2,1-2H3,(H,22,23)/t10-,11+,12+,13+,20-,21-/m1/s1. The first-order valence-electron chi connectivity index (χ1n) is 9.94. The first kappa shape index (κ1) is 18.4. The zero-order valence-corrected chi connectivity index (χ0v) is 15.9. The van der Waals surface area contributed by atoms with Gasteiger partial charge in [0.1, 0.15) is 5.76 Å². The van der Waals surface area contributed by atoms with Crippen molar-refractivity contribution in [2.75, 3.05) is 0 Å². The van der Waals surface area contributed by atoms with Crippen molar-refractivity contribution in [2.24, 2.45) is 34.5 Å². The molecule has 3 saturated carbocycles. The van der Waals surface area contributed by atoms with Gasteiger partial charge in [-0.15, -0.1) is 0 Å². The molecular weight excluding hydrogens is 348 g/mol. The number of hydrogen-bond acceptors (Lipinski definition) is 5. The van der Waals surface area contributed by atoms with E-state index in [1.165, 1.54) is 0 Å². The average Bonchev–Trinajstić information content (AvgIpc) is 2.94. The molecule has 0 bridgehead atoms. The summed E-state index contributed by atoms with van der Waals surface area (Å²) in [6.07, 6.45) is 5.08. The first-order chi connectivity index (χ1) is 12.6. The van der Waals surface area contributed by atoms with Gasteiger partial charge in [-0.05, 0) is 80.1 Å². The fourth-order valence-electron chi connectivity index (χ4n) is 7.14. The Morgan fingerprint density at radius 2 is 1.74 bits per heavy atom. The molecule has 4 aliphatic rings. The Labute approximate surface area is 158 Å². The van der Waals surface area contributed by atoms with Gasteiger partial charge in [-0.3, -0.25) is 9.59 Å². The van der Waals surface area contributed by atoms with E-state index in [9.17, 15) is 30.0 Å². The van der Waals surface area contributed by atoms with E-state index in [2.05, 4.69) is 6.92 Å². The Hall–Kier alpha value is -1.98. The van der Waals surface area contributed by atoms with Crippen LogP contribution in [0.15, 0.2) is 22.9 Å². The number of rotatable bonds is 2. The molecule has 4 rings (SSSR count). The molecule has 27 heavy (non-hydrogen) atoms. The van der Waals surface area contributed by atoms with Crippen molar-refractivity contribution >= 4 is 11.8 Å². The SMILES string of the molecule is C[C@]12C(O)=C(O)C(=O)C(O)=C1CC[C@@H]1[C@@H]2CC[C@]2(C)[C@@H](CC(=O)O)CC[C@@H]12. The van der Waals surface area contributed by atoms with Crippen LogP contribution in [0.25, 0.3) is 0 Å². The molecule has 0 aromatic carbocycles. The van der Waals surface area contributed by atoms with Crippen molar-refractivity contribution in [1.29, 1.82) is 0 Å². The van der Waals surface area contributed by atoms with Crippen molar-refractivity contribution < 1.29 is 30.0 Å². The van der Waals surface area contributed by atoms with E-state index in [1.54, 1.807) is 0 Å². The van der Waals surface area contributed by atoms with E-state index in [-0.39, 0.29) is 35.3 Å². The Bertz CT molecular complexity index is 780. The van der Waals surface area contributed by atoms with Crippen molar-refractivity contribution in [2.45, 2.75) is 58.8 Å². The predicted octanol–water partition coefficient (Wildman–Crippen LogP) is 4.04. The van der Waals surface area contributed by atoms with Gasteiger partial charge in [0.2, 0.25) is 5.76 Å². The zero-order valence-electron chi connectivity index (χ0n) is 15.9. The summed E-state index contributed by atoms with van der Waals surface area (Å²) in [5.41, 5.74) is -0.393. The number of aliphatic hydroxyl groups is 3. The molecule has 0 aromatic heterocycles. The average molecular weight is 376 g/mol. The molecule has 0 radical (unpaired) electrons. The highest BCUT2D eigenvalue weighted by Crippen LogP contribution is 2.67. The van der Waals surface area contributed by atoms with Gasteiger partial charge in [0.25, 0.3) is 5.78 Å². The van der Waals surface area contributed by atoms with Crippen molar-refractivity contribution in [3.8, 4) is 0 Å². The van der Waals surface area contributed by atoms with Gasteiger partial charge in [-0.25, -0.2) is 0 Å². The van der Waals surface area contributed by atoms with Crippen LogP contribution in [-0.4, -0.2) is 32.2 Å². The lowest BCUT2D eigenvalue weighted by Crippen LogP contribution is -2.52. The summed E-state index contributed by atoms with van der Waals surface area (Å²) in [4.78, 5) is 23.3. The Balaban J connectivity index is 1.72. The number of allylic oxidation sites excluding steroid dienone is 1. The van der Waals surface area contributed by atoms with Crippen LogP contribution in [-0.2, 0) is 9.59 Å². The van der Waals surface area contributed by atoms with Crippen LogP contribution in [0.5, 0.6) is 0 Å². The van der Waals surface area contributed by atoms with E-state index in [0.717, 1.165) is 32.1 Å². The topological polar surface area (TPSA) is 115 Å². The maximum Gasteiger partial charge on any atom is 0.303 e. The number of carbonyl (C=O) groups is 2. The molecule has 0 aromatic rings. The monoisotopic (exact) mass is 376 g/mol. The summed E-state index contributed by atoms with van der Waals surface area (Å²) < 4.78 is 0. The lowest BCUT2D eigenvalue weighted by Gasteiger charge is -2.57. The molecular formula is C21H28O6. The second-order valence-corrected chi connectivity index (χ2v) is 9.39. The molecule has 3 fully saturated rings. The third-order valence-corrected chi connectivity index (χ3v) is 8.58. The van der Waals surface area contributed by atoms with Crippen LogP contribution < -0.4 is 0 Å². The first-order valence-corrected chi connectivity index (χ1v) is 9.94. The highest BCUT2D eigenvalue weighted by molar-refractivity contribution is 6.07. The van der Waals surface area contributed by atoms with Gasteiger partial charge >= 0.3 is 5.97 Å². The van der Waals surface area contributed by atoms with Gasteiger partial charge in [0.05, 0.1) is 5.41 Å². The molecule has 6 atom stereocenters. The highest BCUT2D eigenvalue weighted by Gasteiger charge is 2.62. The maximum atomic E-state index is 12.0. The van der Waals surface area contributed by atoms with Crippen LogP contribution in [0.1, 0.15) is 58.8 Å². The van der Waals surface area contributed by atoms with Crippen LogP contribution in [0, 0.1) is 34.5 Å². The van der Waals surface area contributed by atoms with E-state index in [1.807, 2.05) is 6.92 Å². The van der Waals surface area contributed by atoms with Crippen LogP contribution in [0.4, 0.5) is 0 Å². The third-order valence-electron chi connectivity index (χ3n) is 8.58. The Morgan fingerprint density at radius 3 is 2.41 bits per heavy atom. The molecule has 4 aliphatic carbocycles. The molecule has 6 heteroatoms. The van der Waals surface area contributed by atoms with Gasteiger partial charge in [-0.1, -0.05) is 6.92 Å². The summed E-state index contributed by atoms with van der Waals surface area (Å²) in [5.74, 6) is -2.23. The number of aliphatic carboxylic acids is 1. The van der Waals surface area contributed by atoms with Gasteiger partial charge < -0.3 is 20.4 Å². The van der Waals surface area contributed by atoms with Gasteiger partial charge in [-0.2, -0.15) is 0 Å². The van der Waals surface area contributed by atoms with Crippen LogP contribution in [0.3, 0.4) is 0 Å². The number of carboxylic acids is 1. The van der Waals surface area contributed by atoms with Crippen molar-refractivity contribution in [3.05, 3.63) is 22.9 Å². The summed E-state index contributed by atoms with van der Waals surface area (Å²) in [7, 11) is 0. The lowest BCUT2D eigenvalue weighted by molar-refractivity contribution is -0.140. The normalized spacial score (nSPS) is 44.0. The lowest BCUT2D eigenvalue weighted by atomic mass is 9.47. The maximum absolute atomic E-state index is 12.0. The molecule has 0 spiro atoms. The minimum atomic E-state index is -0.919. The molecule has 0 amide bonds. The molecule has 0 aliphatic heterocycles. The molecule has 6 nitrogen and oxygen atoms in total. The van der Waals surface area contributed by atoms with Gasteiger partial charge in [0.15, 0.2) is 5.76 Å². The molecule has 0 unspecified atom stereocenters. The molecule has 0 saturated heterocycles. The van der Waals surface area contributed by atoms with Crippen LogP contribution >= 0.6 is 0 Å². The Morgan fingerprint density at radius 1 is 1.04 bits per heavy atom. The summed E-state index contributed by atoms with van der Waals surface area (Å²) >= 11 is 0. The minimum Gasteiger partial charge on any atom is -0.507 e. The number of aliphatic hydroxyl groups excluding tert-OH is 3. The van der Waals surface area contributed by atoms with E-state index >= 15 is 0 Å². The number of carbonyl (C=O) groups excluding carboxylic acids is 1. The number of ketones is 1. The van der Waals surface area contributed by atoms with Crippen molar-refractivity contribution in [3.63, 3.8) is 0 Å². The van der Waals surface area contributed by atoms with E-state index < -0.39 is 28.7 Å². The molecule has 0 heterocycles. The Kier molecular flexibility index (Phi) is 3.92. The minimum absolute atomic E-state index is 0.0228. The third kappa shape index (κ3) is 2.25. The second kappa shape index (κ2) is 5.76. The van der Waals surface area contributed by atoms with Gasteiger partial charge in [0, 0.05) is 6.42 Å². The molecule has 148 valence electrons. The fraction of sp³-hybridized carbons (Fsp3) is 0.714. The highest BCUT2D eigenvalue weighted by atomic mass is 16.4. The van der Waals surface area contributed by atoms with Crippen LogP contribution in [0.2, 0.25) is 0 Å². The summed E-state index contributed by atoms with van der Waals surface area (Å²) in [6.45, 7) is 4.05. The van der Waals surface area contributed by atoms with Crippen molar-refractivity contribution in [1.82, 2.24) is 0 Å². The quantitative estimate of drug-likeness (QED) is 0.578. The summed E-state index contributed by atoms with van der Waals surface area (Å²) in [5, 5.41) is 40.5. The second-order valence-electron chi connectivity index (χ2n) is 9.39. The van der Waals surface area contributed by atoms with E-state index in [4.69, 9.17) is 0 Å². The number of Topliss-reactive ketones (excluding diaryl/α,β-unsaturated/α-hetero) is 1.